The molecule has 5 aromatic rings. The van der Waals surface area contributed by atoms with Crippen LogP contribution in [0, 0.1) is 13.8 Å². The Morgan fingerprint density at radius 1 is 0.607 bits per heavy atom. The third-order valence-corrected chi connectivity index (χ3v) is 11.3. The Morgan fingerprint density at radius 2 is 1.21 bits per heavy atom. The van der Waals surface area contributed by atoms with Gasteiger partial charge in [0.25, 0.3) is 0 Å². The zero-order valence-corrected chi connectivity index (χ0v) is 32.3. The summed E-state index contributed by atoms with van der Waals surface area (Å²) in [6.07, 6.45) is 11.5. The number of nitrogens with one attached hydrogen (secondary N) is 2. The van der Waals surface area contributed by atoms with Crippen LogP contribution in [0.2, 0.25) is 0 Å². The molecule has 5 aliphatic heterocycles. The number of nitrogens with zero attached hydrogens (tertiary/aromatic N) is 8. The summed E-state index contributed by atoms with van der Waals surface area (Å²) in [5.74, 6) is 4.46. The summed E-state index contributed by atoms with van der Waals surface area (Å²) < 4.78 is 16.6. The molecule has 2 N–H and O–H groups in total. The number of anilines is 6. The number of piperidine rings is 2. The van der Waals surface area contributed by atoms with Crippen LogP contribution in [0.3, 0.4) is 0 Å². The maximum atomic E-state index is 6.01. The monoisotopic (exact) mass is 762 g/mol. The first-order chi connectivity index (χ1) is 27.5. The van der Waals surface area contributed by atoms with E-state index in [-0.39, 0.29) is 0 Å². The molecule has 0 radical (unpaired) electrons. The van der Waals surface area contributed by atoms with Crippen LogP contribution in [0.1, 0.15) is 66.9 Å². The molecule has 0 saturated carbocycles. The van der Waals surface area contributed by atoms with Gasteiger partial charge in [-0.05, 0) is 131 Å². The van der Waals surface area contributed by atoms with Crippen LogP contribution in [-0.4, -0.2) is 58.9 Å². The fourth-order valence-electron chi connectivity index (χ4n) is 7.92. The van der Waals surface area contributed by atoms with Crippen molar-refractivity contribution in [1.29, 1.82) is 0 Å². The Labute approximate surface area is 329 Å². The molecule has 282 valence electrons. The zero-order valence-electron chi connectivity index (χ0n) is 31.5. The Hall–Kier alpha value is -6.21. The van der Waals surface area contributed by atoms with Crippen LogP contribution >= 0.6 is 11.5 Å². The van der Waals surface area contributed by atoms with Crippen LogP contribution in [0.5, 0.6) is 0 Å². The largest absolute Gasteiger partial charge is 0.446 e. The lowest BCUT2D eigenvalue weighted by atomic mass is 10.0. The molecular weight excluding hydrogens is 721 g/mol. The van der Waals surface area contributed by atoms with E-state index in [4.69, 9.17) is 28.8 Å². The minimum atomic E-state index is 0.469. The van der Waals surface area contributed by atoms with E-state index >= 15 is 0 Å². The first kappa shape index (κ1) is 34.3. The Morgan fingerprint density at radius 3 is 1.80 bits per heavy atom. The fourth-order valence-corrected chi connectivity index (χ4v) is 8.43. The average molecular weight is 763 g/mol. The Bertz CT molecular complexity index is 2380. The maximum Gasteiger partial charge on any atom is 0.239 e. The van der Waals surface area contributed by atoms with Gasteiger partial charge in [-0.1, -0.05) is 0 Å². The highest BCUT2D eigenvalue weighted by atomic mass is 32.1. The number of benzene rings is 2. The van der Waals surface area contributed by atoms with Crippen molar-refractivity contribution < 1.29 is 8.83 Å². The van der Waals surface area contributed by atoms with Gasteiger partial charge in [0.15, 0.2) is 17.6 Å². The van der Waals surface area contributed by atoms with Crippen molar-refractivity contribution in [3.05, 3.63) is 118 Å². The highest BCUT2D eigenvalue weighted by molar-refractivity contribution is 7.03. The number of allylic oxidation sites excluding steroid dienone is 2. The minimum absolute atomic E-state index is 0.469. The first-order valence-electron chi connectivity index (χ1n) is 19.5. The van der Waals surface area contributed by atoms with E-state index in [1.54, 1.807) is 0 Å². The second-order valence-corrected chi connectivity index (χ2v) is 15.4. The topological polar surface area (TPSA) is 122 Å². The van der Waals surface area contributed by atoms with Crippen molar-refractivity contribution in [3.63, 3.8) is 0 Å². The van der Waals surface area contributed by atoms with Gasteiger partial charge in [-0.3, -0.25) is 0 Å². The highest BCUT2D eigenvalue weighted by Gasteiger charge is 2.34. The summed E-state index contributed by atoms with van der Waals surface area (Å²) in [6, 6.07) is 22.9. The maximum absolute atomic E-state index is 6.01. The second kappa shape index (κ2) is 14.5. The van der Waals surface area contributed by atoms with Crippen molar-refractivity contribution in [1.82, 2.24) is 9.27 Å². The van der Waals surface area contributed by atoms with Crippen LogP contribution in [0.25, 0.3) is 5.70 Å². The minimum Gasteiger partial charge on any atom is -0.446 e. The van der Waals surface area contributed by atoms with Gasteiger partial charge in [0, 0.05) is 66.2 Å². The van der Waals surface area contributed by atoms with E-state index in [1.165, 1.54) is 61.4 Å². The smallest absolute Gasteiger partial charge is 0.239 e. The van der Waals surface area contributed by atoms with Crippen LogP contribution in [0.4, 0.5) is 34.5 Å². The molecule has 0 bridgehead atoms. The second-order valence-electron chi connectivity index (χ2n) is 14.7. The molecule has 8 heterocycles. The number of rotatable bonds is 9. The van der Waals surface area contributed by atoms with E-state index in [9.17, 15) is 0 Å². The fraction of sp³-hybridized carbons (Fsp3) is 0.279. The van der Waals surface area contributed by atoms with E-state index < -0.39 is 0 Å². The summed E-state index contributed by atoms with van der Waals surface area (Å²) in [5.41, 5.74) is 9.04. The SMILES string of the molecule is Cc1ccc(Nc2cc(N3CCCCC3)ccc2C2=CC3=CC(c4ccc(N5CCCCC5)cc4Nc4ccc(C)o4)=NC4=NC(c5ccsn5)=NC(=N2)N34)o1. The predicted octanol–water partition coefficient (Wildman–Crippen LogP) is 9.63. The summed E-state index contributed by atoms with van der Waals surface area (Å²) in [4.78, 5) is 27.2. The standard InChI is InChI=1S/C43H42N10O2S/c1-27-9-15-39(54-27)44-35-23-29(51-18-5-3-6-19-51)11-13-32(35)37-25-31-26-38(47-43-49-41(34-17-22-56-50-34)48-42(46-37)53(31)43)33-14-12-30(52-20-7-4-8-21-52)24-36(33)45-40-16-10-28(2)55-40/h9-17,22-26,44-45H,3-8,18-21H2,1-2H3. The number of aromatic nitrogens is 1. The van der Waals surface area contributed by atoms with Gasteiger partial charge in [0.2, 0.25) is 11.9 Å². The number of hydrogen-bond donors (Lipinski definition) is 2. The van der Waals surface area contributed by atoms with Gasteiger partial charge in [-0.15, -0.1) is 0 Å². The van der Waals surface area contributed by atoms with Crippen molar-refractivity contribution in [2.24, 2.45) is 20.0 Å². The summed E-state index contributed by atoms with van der Waals surface area (Å²) in [6.45, 7) is 8.07. The molecule has 13 heteroatoms. The van der Waals surface area contributed by atoms with Gasteiger partial charge in [-0.25, -0.2) is 14.9 Å². The van der Waals surface area contributed by atoms with Crippen LogP contribution in [0.15, 0.2) is 119 Å². The molecule has 2 aromatic carbocycles. The lowest BCUT2D eigenvalue weighted by molar-refractivity contribution is 0.550. The molecule has 0 amide bonds. The molecule has 0 atom stereocenters. The lowest BCUT2D eigenvalue weighted by Crippen LogP contribution is -2.42. The number of aryl methyl sites for hydroxylation is 2. The molecule has 0 unspecified atom stereocenters. The van der Waals surface area contributed by atoms with Gasteiger partial charge in [-0.2, -0.15) is 14.4 Å². The van der Waals surface area contributed by atoms with Gasteiger partial charge in [0.05, 0.1) is 28.5 Å². The van der Waals surface area contributed by atoms with E-state index in [1.807, 2.05) is 54.5 Å². The Kier molecular flexibility index (Phi) is 8.85. The highest BCUT2D eigenvalue weighted by Crippen LogP contribution is 2.39. The lowest BCUT2D eigenvalue weighted by Gasteiger charge is -2.33. The average Bonchev–Trinajstić information content (AvgIpc) is 4.01. The van der Waals surface area contributed by atoms with Crippen molar-refractivity contribution in [2.75, 3.05) is 46.6 Å². The third kappa shape index (κ3) is 6.72. The molecule has 56 heavy (non-hydrogen) atoms. The molecule has 12 nitrogen and oxygen atoms in total. The number of aliphatic imine (C=N–C) groups is 4. The van der Waals surface area contributed by atoms with E-state index in [0.29, 0.717) is 35.2 Å². The van der Waals surface area contributed by atoms with E-state index in [0.717, 1.165) is 77.3 Å². The predicted molar refractivity (Wildman–Crippen MR) is 226 cm³/mol. The number of furan rings is 2. The number of amidine groups is 1. The molecule has 2 saturated heterocycles. The summed E-state index contributed by atoms with van der Waals surface area (Å²) in [5, 5.41) is 9.08. The number of guanidine groups is 2. The first-order valence-corrected chi connectivity index (χ1v) is 20.3. The van der Waals surface area contributed by atoms with Crippen molar-refractivity contribution >= 4 is 75.2 Å². The van der Waals surface area contributed by atoms with Gasteiger partial charge in [0.1, 0.15) is 17.2 Å². The quantitative estimate of drug-likeness (QED) is 0.152. The van der Waals surface area contributed by atoms with Crippen molar-refractivity contribution in [2.45, 2.75) is 52.4 Å². The molecular formula is C43H42N10O2S. The molecule has 0 spiro atoms. The van der Waals surface area contributed by atoms with Gasteiger partial charge < -0.3 is 29.3 Å². The molecule has 5 aliphatic rings. The molecule has 3 aromatic heterocycles. The third-order valence-electron chi connectivity index (χ3n) is 10.7. The Balaban J connectivity index is 1.10. The van der Waals surface area contributed by atoms with Crippen LogP contribution < -0.4 is 20.4 Å². The summed E-state index contributed by atoms with van der Waals surface area (Å²) >= 11 is 1.36. The van der Waals surface area contributed by atoms with Crippen molar-refractivity contribution in [3.8, 4) is 0 Å². The number of hydrogen-bond acceptors (Lipinski definition) is 13. The molecule has 0 aliphatic carbocycles. The summed E-state index contributed by atoms with van der Waals surface area (Å²) in [7, 11) is 0. The molecule has 2 fully saturated rings. The normalized spacial score (nSPS) is 18.0. The van der Waals surface area contributed by atoms with Gasteiger partial charge >= 0.3 is 0 Å². The van der Waals surface area contributed by atoms with E-state index in [2.05, 4.69) is 73.4 Å². The van der Waals surface area contributed by atoms with Crippen LogP contribution in [-0.2, 0) is 0 Å². The molecule has 10 rings (SSSR count). The zero-order chi connectivity index (χ0) is 37.6.